The van der Waals surface area contributed by atoms with Crippen LogP contribution in [0.2, 0.25) is 0 Å². The number of fused-ring (bicyclic) bond motifs is 1. The van der Waals surface area contributed by atoms with Gasteiger partial charge in [0.1, 0.15) is 0 Å². The number of carbonyl (C=O) groups is 1. The van der Waals surface area contributed by atoms with Gasteiger partial charge in [0, 0.05) is 19.1 Å². The summed E-state index contributed by atoms with van der Waals surface area (Å²) in [5.74, 6) is 0.787. The number of urea groups is 1. The zero-order valence-electron chi connectivity index (χ0n) is 9.67. The van der Waals surface area contributed by atoms with Crippen LogP contribution >= 0.6 is 0 Å². The standard InChI is InChI=1S/C12H22N2O/c1-2-13-12(15)14-9-5-7-10-6-3-4-8-11(10)14/h10-11H,2-9H2,1H3,(H,13,15)/t10-,11+/m0/s1. The number of piperidine rings is 1. The number of nitrogens with zero attached hydrogens (tertiary/aromatic N) is 1. The molecule has 0 aromatic heterocycles. The van der Waals surface area contributed by atoms with Gasteiger partial charge in [-0.25, -0.2) is 4.79 Å². The highest BCUT2D eigenvalue weighted by Crippen LogP contribution is 2.35. The summed E-state index contributed by atoms with van der Waals surface area (Å²) in [5, 5.41) is 2.94. The molecule has 0 aromatic rings. The van der Waals surface area contributed by atoms with Gasteiger partial charge < -0.3 is 10.2 Å². The average Bonchev–Trinajstić information content (AvgIpc) is 2.28. The second-order valence-electron chi connectivity index (χ2n) is 4.78. The average molecular weight is 210 g/mol. The third-order valence-corrected chi connectivity index (χ3v) is 3.83. The van der Waals surface area contributed by atoms with Crippen LogP contribution in [0.4, 0.5) is 4.79 Å². The predicted molar refractivity (Wildman–Crippen MR) is 60.8 cm³/mol. The molecule has 15 heavy (non-hydrogen) atoms. The van der Waals surface area contributed by atoms with E-state index in [2.05, 4.69) is 10.2 Å². The predicted octanol–water partition coefficient (Wildman–Crippen LogP) is 2.37. The van der Waals surface area contributed by atoms with Crippen LogP contribution in [-0.4, -0.2) is 30.1 Å². The molecule has 1 saturated heterocycles. The van der Waals surface area contributed by atoms with E-state index in [1.54, 1.807) is 0 Å². The molecule has 1 aliphatic carbocycles. The minimum absolute atomic E-state index is 0.161. The van der Waals surface area contributed by atoms with E-state index in [1.807, 2.05) is 6.92 Å². The second-order valence-corrected chi connectivity index (χ2v) is 4.78. The Morgan fingerprint density at radius 1 is 1.27 bits per heavy atom. The van der Waals surface area contributed by atoms with Crippen LogP contribution in [-0.2, 0) is 0 Å². The Kier molecular flexibility index (Phi) is 3.49. The quantitative estimate of drug-likeness (QED) is 0.708. The molecule has 86 valence electrons. The topological polar surface area (TPSA) is 32.3 Å². The molecule has 2 amide bonds. The Balaban J connectivity index is 2.00. The van der Waals surface area contributed by atoms with Crippen molar-refractivity contribution in [3.8, 4) is 0 Å². The number of likely N-dealkylation sites (tertiary alicyclic amines) is 1. The van der Waals surface area contributed by atoms with Gasteiger partial charge in [0.2, 0.25) is 0 Å². The molecule has 2 fully saturated rings. The molecule has 2 rings (SSSR count). The zero-order chi connectivity index (χ0) is 10.7. The fourth-order valence-corrected chi connectivity index (χ4v) is 3.13. The Bertz CT molecular complexity index is 228. The lowest BCUT2D eigenvalue weighted by molar-refractivity contribution is 0.0845. The smallest absolute Gasteiger partial charge is 0.317 e. The van der Waals surface area contributed by atoms with Crippen LogP contribution in [0, 0.1) is 5.92 Å². The van der Waals surface area contributed by atoms with Crippen molar-refractivity contribution >= 4 is 6.03 Å². The lowest BCUT2D eigenvalue weighted by atomic mass is 9.78. The Labute approximate surface area is 92.2 Å². The molecule has 1 aliphatic heterocycles. The summed E-state index contributed by atoms with van der Waals surface area (Å²) < 4.78 is 0. The first-order chi connectivity index (χ1) is 7.33. The molecule has 1 heterocycles. The molecular weight excluding hydrogens is 188 g/mol. The first-order valence-electron chi connectivity index (χ1n) is 6.37. The van der Waals surface area contributed by atoms with Crippen molar-refractivity contribution in [2.75, 3.05) is 13.1 Å². The van der Waals surface area contributed by atoms with Crippen LogP contribution < -0.4 is 5.32 Å². The maximum Gasteiger partial charge on any atom is 0.317 e. The molecule has 0 aromatic carbocycles. The molecule has 2 atom stereocenters. The third kappa shape index (κ3) is 2.27. The van der Waals surface area contributed by atoms with Crippen molar-refractivity contribution in [3.05, 3.63) is 0 Å². The molecule has 3 heteroatoms. The van der Waals surface area contributed by atoms with Gasteiger partial charge in [-0.05, 0) is 38.5 Å². The lowest BCUT2D eigenvalue weighted by Gasteiger charge is -2.43. The number of hydrogen-bond donors (Lipinski definition) is 1. The summed E-state index contributed by atoms with van der Waals surface area (Å²) in [6, 6.07) is 0.702. The maximum atomic E-state index is 11.9. The van der Waals surface area contributed by atoms with Crippen molar-refractivity contribution in [2.45, 2.75) is 51.5 Å². The monoisotopic (exact) mass is 210 g/mol. The molecule has 2 aliphatic rings. The van der Waals surface area contributed by atoms with E-state index in [0.717, 1.165) is 19.0 Å². The van der Waals surface area contributed by atoms with Crippen LogP contribution in [0.5, 0.6) is 0 Å². The van der Waals surface area contributed by atoms with Crippen LogP contribution in [0.15, 0.2) is 0 Å². The SMILES string of the molecule is CCNC(=O)N1CCC[C@@H]2CCCC[C@H]21. The van der Waals surface area contributed by atoms with Crippen LogP contribution in [0.3, 0.4) is 0 Å². The first-order valence-corrected chi connectivity index (χ1v) is 6.37. The van der Waals surface area contributed by atoms with Gasteiger partial charge in [0.05, 0.1) is 0 Å². The summed E-state index contributed by atoms with van der Waals surface area (Å²) in [4.78, 5) is 14.0. The van der Waals surface area contributed by atoms with Gasteiger partial charge in [-0.2, -0.15) is 0 Å². The van der Waals surface area contributed by atoms with Gasteiger partial charge in [0.15, 0.2) is 0 Å². The van der Waals surface area contributed by atoms with Crippen LogP contribution in [0.1, 0.15) is 45.4 Å². The molecular formula is C12H22N2O. The minimum Gasteiger partial charge on any atom is -0.338 e. The van der Waals surface area contributed by atoms with E-state index >= 15 is 0 Å². The maximum absolute atomic E-state index is 11.9. The largest absolute Gasteiger partial charge is 0.338 e. The van der Waals surface area contributed by atoms with Gasteiger partial charge in [-0.1, -0.05) is 12.8 Å². The molecule has 0 unspecified atom stereocenters. The van der Waals surface area contributed by atoms with Gasteiger partial charge in [0.25, 0.3) is 0 Å². The number of carbonyl (C=O) groups excluding carboxylic acids is 1. The highest BCUT2D eigenvalue weighted by molar-refractivity contribution is 5.74. The van der Waals surface area contributed by atoms with E-state index in [9.17, 15) is 4.79 Å². The number of nitrogens with one attached hydrogen (secondary N) is 1. The zero-order valence-corrected chi connectivity index (χ0v) is 9.67. The molecule has 3 nitrogen and oxygen atoms in total. The summed E-state index contributed by atoms with van der Waals surface area (Å²) >= 11 is 0. The van der Waals surface area contributed by atoms with Gasteiger partial charge in [-0.3, -0.25) is 0 Å². The fourth-order valence-electron chi connectivity index (χ4n) is 3.13. The Hall–Kier alpha value is -0.730. The Morgan fingerprint density at radius 2 is 2.00 bits per heavy atom. The van der Waals surface area contributed by atoms with Crippen LogP contribution in [0.25, 0.3) is 0 Å². The van der Waals surface area contributed by atoms with Crippen molar-refractivity contribution in [2.24, 2.45) is 5.92 Å². The number of hydrogen-bond acceptors (Lipinski definition) is 1. The Morgan fingerprint density at radius 3 is 2.80 bits per heavy atom. The highest BCUT2D eigenvalue weighted by Gasteiger charge is 2.35. The van der Waals surface area contributed by atoms with E-state index in [0.29, 0.717) is 6.04 Å². The first kappa shape index (κ1) is 10.8. The lowest BCUT2D eigenvalue weighted by Crippen LogP contribution is -2.53. The summed E-state index contributed by atoms with van der Waals surface area (Å²) in [6.07, 6.45) is 7.75. The van der Waals surface area contributed by atoms with E-state index in [-0.39, 0.29) is 6.03 Å². The fraction of sp³-hybridized carbons (Fsp3) is 0.917. The summed E-state index contributed by atoms with van der Waals surface area (Å²) in [6.45, 7) is 3.69. The van der Waals surface area contributed by atoms with Crippen molar-refractivity contribution < 1.29 is 4.79 Å². The number of amides is 2. The van der Waals surface area contributed by atoms with Gasteiger partial charge in [-0.15, -0.1) is 0 Å². The molecule has 1 saturated carbocycles. The third-order valence-electron chi connectivity index (χ3n) is 3.83. The van der Waals surface area contributed by atoms with E-state index in [1.165, 1.54) is 38.5 Å². The second kappa shape index (κ2) is 4.86. The van der Waals surface area contributed by atoms with Gasteiger partial charge >= 0.3 is 6.03 Å². The molecule has 0 bridgehead atoms. The number of rotatable bonds is 1. The van der Waals surface area contributed by atoms with E-state index in [4.69, 9.17) is 0 Å². The minimum atomic E-state index is 0.161. The van der Waals surface area contributed by atoms with Crippen molar-refractivity contribution in [1.82, 2.24) is 10.2 Å². The molecule has 1 N–H and O–H groups in total. The molecule has 0 radical (unpaired) electrons. The molecule has 0 spiro atoms. The summed E-state index contributed by atoms with van der Waals surface area (Å²) in [5.41, 5.74) is 0. The van der Waals surface area contributed by atoms with E-state index < -0.39 is 0 Å². The van der Waals surface area contributed by atoms with Crippen molar-refractivity contribution in [1.29, 1.82) is 0 Å². The normalized spacial score (nSPS) is 30.9. The summed E-state index contributed by atoms with van der Waals surface area (Å²) in [7, 11) is 0. The van der Waals surface area contributed by atoms with Crippen molar-refractivity contribution in [3.63, 3.8) is 0 Å². The highest BCUT2D eigenvalue weighted by atomic mass is 16.2.